The molecule has 132 valence electrons. The van der Waals surface area contributed by atoms with Crippen LogP contribution in [0.25, 0.3) is 22.3 Å². The van der Waals surface area contributed by atoms with Crippen molar-refractivity contribution in [3.8, 4) is 22.3 Å². The molecule has 0 fully saturated rings. The molecule has 0 aliphatic carbocycles. The highest BCUT2D eigenvalue weighted by Gasteiger charge is 2.31. The van der Waals surface area contributed by atoms with Crippen molar-refractivity contribution in [1.29, 1.82) is 0 Å². The first-order chi connectivity index (χ1) is 12.3. The van der Waals surface area contributed by atoms with Crippen LogP contribution in [0.4, 0.5) is 0 Å². The van der Waals surface area contributed by atoms with Gasteiger partial charge in [0.2, 0.25) is 0 Å². The van der Waals surface area contributed by atoms with Crippen LogP contribution in [0, 0.1) is 13.8 Å². The summed E-state index contributed by atoms with van der Waals surface area (Å²) in [5, 5.41) is 0. The maximum atomic E-state index is 12.4. The van der Waals surface area contributed by atoms with Gasteiger partial charge in [-0.2, -0.15) is 0 Å². The fourth-order valence-corrected chi connectivity index (χ4v) is 3.54. The number of carbonyl (C=O) groups excluding carboxylic acids is 1. The molecule has 0 amide bonds. The van der Waals surface area contributed by atoms with Gasteiger partial charge in [-0.25, -0.2) is 0 Å². The van der Waals surface area contributed by atoms with Gasteiger partial charge in [-0.15, -0.1) is 0 Å². The summed E-state index contributed by atoms with van der Waals surface area (Å²) < 4.78 is 11.6. The smallest absolute Gasteiger partial charge is 0.319 e. The van der Waals surface area contributed by atoms with E-state index in [-0.39, 0.29) is 5.56 Å². The fourth-order valence-electron chi connectivity index (χ4n) is 3.04. The predicted molar refractivity (Wildman–Crippen MR) is 103 cm³/mol. The SMILES string of the molecule is Cc1ccc(-c2c(C)ccc(C(=O)P(=O)(O)O)c2-c2ccccc2)cc1. The van der Waals surface area contributed by atoms with E-state index in [0.717, 1.165) is 27.8 Å². The summed E-state index contributed by atoms with van der Waals surface area (Å²) in [5.41, 5.74) is 3.88. The minimum atomic E-state index is -4.90. The van der Waals surface area contributed by atoms with E-state index in [1.54, 1.807) is 6.07 Å². The number of aryl methyl sites for hydroxylation is 2. The van der Waals surface area contributed by atoms with E-state index >= 15 is 0 Å². The number of hydrogen-bond donors (Lipinski definition) is 2. The summed E-state index contributed by atoms with van der Waals surface area (Å²) in [6, 6.07) is 20.3. The molecule has 5 heteroatoms. The maximum absolute atomic E-state index is 12.4. The van der Waals surface area contributed by atoms with Gasteiger partial charge in [0.05, 0.1) is 0 Å². The van der Waals surface area contributed by atoms with Gasteiger partial charge in [-0.05, 0) is 42.2 Å². The van der Waals surface area contributed by atoms with Gasteiger partial charge >= 0.3 is 7.60 Å². The van der Waals surface area contributed by atoms with Crippen molar-refractivity contribution in [2.45, 2.75) is 13.8 Å². The second-order valence-corrected chi connectivity index (χ2v) is 7.76. The van der Waals surface area contributed by atoms with Crippen molar-refractivity contribution in [2.75, 3.05) is 0 Å². The Labute approximate surface area is 152 Å². The van der Waals surface area contributed by atoms with Gasteiger partial charge in [0.15, 0.2) is 0 Å². The van der Waals surface area contributed by atoms with E-state index in [2.05, 4.69) is 0 Å². The number of carbonyl (C=O) groups is 1. The van der Waals surface area contributed by atoms with Crippen molar-refractivity contribution in [3.63, 3.8) is 0 Å². The zero-order valence-electron chi connectivity index (χ0n) is 14.5. The fraction of sp³-hybridized carbons (Fsp3) is 0.0952. The van der Waals surface area contributed by atoms with E-state index in [1.165, 1.54) is 6.07 Å². The van der Waals surface area contributed by atoms with Crippen molar-refractivity contribution in [1.82, 2.24) is 0 Å². The zero-order chi connectivity index (χ0) is 18.9. The van der Waals surface area contributed by atoms with Crippen LogP contribution in [0.15, 0.2) is 66.7 Å². The molecule has 4 nitrogen and oxygen atoms in total. The Morgan fingerprint density at radius 3 is 1.92 bits per heavy atom. The van der Waals surface area contributed by atoms with Gasteiger partial charge in [-0.1, -0.05) is 66.2 Å². The molecule has 0 aromatic heterocycles. The highest BCUT2D eigenvalue weighted by Crippen LogP contribution is 2.45. The Kier molecular flexibility index (Phi) is 4.92. The van der Waals surface area contributed by atoms with Crippen molar-refractivity contribution < 1.29 is 19.1 Å². The third-order valence-corrected chi connectivity index (χ3v) is 5.08. The van der Waals surface area contributed by atoms with E-state index < -0.39 is 13.1 Å². The zero-order valence-corrected chi connectivity index (χ0v) is 15.4. The minimum absolute atomic E-state index is 0.0331. The van der Waals surface area contributed by atoms with Crippen molar-refractivity contribution >= 4 is 13.1 Å². The van der Waals surface area contributed by atoms with Crippen LogP contribution in [-0.4, -0.2) is 15.3 Å². The Morgan fingerprint density at radius 2 is 1.35 bits per heavy atom. The Bertz CT molecular complexity index is 1000. The predicted octanol–water partition coefficient (Wildman–Crippen LogP) is 4.96. The molecule has 0 aliphatic rings. The summed E-state index contributed by atoms with van der Waals surface area (Å²) in [6.07, 6.45) is 0. The molecule has 0 spiro atoms. The lowest BCUT2D eigenvalue weighted by molar-refractivity contribution is 0.104. The third kappa shape index (κ3) is 3.54. The van der Waals surface area contributed by atoms with Gasteiger partial charge in [0.25, 0.3) is 5.52 Å². The lowest BCUT2D eigenvalue weighted by atomic mass is 9.87. The number of benzene rings is 3. The van der Waals surface area contributed by atoms with Gasteiger partial charge in [-0.3, -0.25) is 9.36 Å². The maximum Gasteiger partial charge on any atom is 0.396 e. The van der Waals surface area contributed by atoms with Crippen LogP contribution in [0.2, 0.25) is 0 Å². The summed E-state index contributed by atoms with van der Waals surface area (Å²) in [5.74, 6) is 0. The van der Waals surface area contributed by atoms with Gasteiger partial charge < -0.3 is 9.79 Å². The first kappa shape index (κ1) is 18.3. The summed E-state index contributed by atoms with van der Waals surface area (Å²) in [7, 11) is -4.90. The molecular formula is C21H19O4P. The van der Waals surface area contributed by atoms with Crippen molar-refractivity contribution in [3.05, 3.63) is 83.4 Å². The van der Waals surface area contributed by atoms with Crippen LogP contribution >= 0.6 is 7.60 Å². The lowest BCUT2D eigenvalue weighted by Crippen LogP contribution is -2.05. The summed E-state index contributed by atoms with van der Waals surface area (Å²) in [6.45, 7) is 3.91. The molecule has 0 saturated carbocycles. The molecule has 0 radical (unpaired) electrons. The molecular weight excluding hydrogens is 347 g/mol. The van der Waals surface area contributed by atoms with Crippen molar-refractivity contribution in [2.24, 2.45) is 0 Å². The molecule has 2 N–H and O–H groups in total. The summed E-state index contributed by atoms with van der Waals surface area (Å²) >= 11 is 0. The van der Waals surface area contributed by atoms with Crippen LogP contribution in [0.5, 0.6) is 0 Å². The Balaban J connectivity index is 2.38. The van der Waals surface area contributed by atoms with Crippen LogP contribution in [0.1, 0.15) is 21.5 Å². The second-order valence-electron chi connectivity index (χ2n) is 6.26. The third-order valence-electron chi connectivity index (χ3n) is 4.31. The first-order valence-corrected chi connectivity index (χ1v) is 9.77. The average molecular weight is 366 g/mol. The van der Waals surface area contributed by atoms with E-state index in [4.69, 9.17) is 0 Å². The minimum Gasteiger partial charge on any atom is -0.319 e. The normalized spacial score (nSPS) is 11.4. The van der Waals surface area contributed by atoms with Gasteiger partial charge in [0.1, 0.15) is 0 Å². The molecule has 0 atom stereocenters. The molecule has 26 heavy (non-hydrogen) atoms. The molecule has 3 aromatic rings. The number of hydrogen-bond acceptors (Lipinski definition) is 2. The van der Waals surface area contributed by atoms with Crippen LogP contribution in [0.3, 0.4) is 0 Å². The average Bonchev–Trinajstić information content (AvgIpc) is 2.62. The molecule has 0 heterocycles. The van der Waals surface area contributed by atoms with E-state index in [9.17, 15) is 19.1 Å². The molecule has 0 saturated heterocycles. The second kappa shape index (κ2) is 7.00. The monoisotopic (exact) mass is 366 g/mol. The van der Waals surface area contributed by atoms with Crippen LogP contribution < -0.4 is 0 Å². The molecule has 0 unspecified atom stereocenters. The topological polar surface area (TPSA) is 74.6 Å². The summed E-state index contributed by atoms with van der Waals surface area (Å²) in [4.78, 5) is 31.3. The first-order valence-electron chi connectivity index (χ1n) is 8.15. The van der Waals surface area contributed by atoms with E-state index in [0.29, 0.717) is 5.56 Å². The molecule has 0 aliphatic heterocycles. The van der Waals surface area contributed by atoms with E-state index in [1.807, 2.05) is 68.4 Å². The molecule has 3 rings (SSSR count). The molecule has 0 bridgehead atoms. The Hall–Kier alpha value is -2.52. The van der Waals surface area contributed by atoms with Crippen LogP contribution in [-0.2, 0) is 4.57 Å². The number of rotatable bonds is 4. The highest BCUT2D eigenvalue weighted by molar-refractivity contribution is 7.70. The molecule has 3 aromatic carbocycles. The highest BCUT2D eigenvalue weighted by atomic mass is 31.2. The largest absolute Gasteiger partial charge is 0.396 e. The quantitative estimate of drug-likeness (QED) is 0.640. The standard InChI is InChI=1S/C21H19O4P/c1-14-8-11-17(12-9-14)19-15(2)10-13-18(21(22)26(23,24)25)20(19)16-6-4-3-5-7-16/h3-13H,1-2H3,(H2,23,24,25). The van der Waals surface area contributed by atoms with Gasteiger partial charge in [0, 0.05) is 11.1 Å². The lowest BCUT2D eigenvalue weighted by Gasteiger charge is -2.18. The Morgan fingerprint density at radius 1 is 0.769 bits per heavy atom.